The molecule has 23 heavy (non-hydrogen) atoms. The molecular weight excluding hydrogens is 318 g/mol. The van der Waals surface area contributed by atoms with Gasteiger partial charge in [0.15, 0.2) is 5.82 Å². The third-order valence-corrected chi connectivity index (χ3v) is 3.63. The SMILES string of the molecule is CC(=O)NC1CCC(C(F)(F)F)N(C(=O)c2ccncc2F)C1. The minimum absolute atomic E-state index is 0.0896. The molecule has 2 atom stereocenters. The van der Waals surface area contributed by atoms with Crippen LogP contribution in [0.1, 0.15) is 30.1 Å². The summed E-state index contributed by atoms with van der Waals surface area (Å²) in [7, 11) is 0. The molecule has 2 unspecified atom stereocenters. The number of carbonyl (C=O) groups is 2. The largest absolute Gasteiger partial charge is 0.408 e. The Balaban J connectivity index is 2.29. The Bertz CT molecular complexity index is 606. The second-order valence-corrected chi connectivity index (χ2v) is 5.35. The van der Waals surface area contributed by atoms with Crippen molar-refractivity contribution in [1.82, 2.24) is 15.2 Å². The molecule has 2 amide bonds. The molecule has 1 aliphatic heterocycles. The van der Waals surface area contributed by atoms with Crippen molar-refractivity contribution < 1.29 is 27.2 Å². The molecule has 0 spiro atoms. The fourth-order valence-electron chi connectivity index (χ4n) is 2.64. The van der Waals surface area contributed by atoms with Gasteiger partial charge in [0.2, 0.25) is 5.91 Å². The molecule has 2 heterocycles. The summed E-state index contributed by atoms with van der Waals surface area (Å²) in [5.41, 5.74) is -0.474. The first-order valence-corrected chi connectivity index (χ1v) is 6.94. The van der Waals surface area contributed by atoms with E-state index in [4.69, 9.17) is 0 Å². The molecule has 1 fully saturated rings. The van der Waals surface area contributed by atoms with Crippen LogP contribution < -0.4 is 5.32 Å². The summed E-state index contributed by atoms with van der Waals surface area (Å²) in [5, 5.41) is 2.50. The van der Waals surface area contributed by atoms with Gasteiger partial charge in [-0.05, 0) is 18.9 Å². The third-order valence-electron chi connectivity index (χ3n) is 3.63. The number of hydrogen-bond donors (Lipinski definition) is 1. The predicted octanol–water partition coefficient (Wildman–Crippen LogP) is 1.89. The maximum Gasteiger partial charge on any atom is 0.408 e. The molecule has 0 radical (unpaired) electrons. The van der Waals surface area contributed by atoms with Gasteiger partial charge in [-0.25, -0.2) is 4.39 Å². The monoisotopic (exact) mass is 333 g/mol. The van der Waals surface area contributed by atoms with Crippen molar-refractivity contribution in [2.24, 2.45) is 0 Å². The van der Waals surface area contributed by atoms with Gasteiger partial charge in [0, 0.05) is 25.7 Å². The minimum atomic E-state index is -4.62. The highest BCUT2D eigenvalue weighted by molar-refractivity contribution is 5.94. The van der Waals surface area contributed by atoms with Crippen LogP contribution in [-0.4, -0.2) is 46.5 Å². The van der Waals surface area contributed by atoms with Crippen molar-refractivity contribution in [3.05, 3.63) is 29.8 Å². The van der Waals surface area contributed by atoms with Crippen LogP contribution in [0.15, 0.2) is 18.5 Å². The lowest BCUT2D eigenvalue weighted by Crippen LogP contribution is -2.58. The second-order valence-electron chi connectivity index (χ2n) is 5.35. The molecule has 9 heteroatoms. The zero-order chi connectivity index (χ0) is 17.2. The molecule has 1 aromatic rings. The third kappa shape index (κ3) is 3.96. The van der Waals surface area contributed by atoms with Crippen LogP contribution in [0.5, 0.6) is 0 Å². The number of halogens is 4. The summed E-state index contributed by atoms with van der Waals surface area (Å²) < 4.78 is 53.2. The van der Waals surface area contributed by atoms with Gasteiger partial charge in [0.1, 0.15) is 6.04 Å². The van der Waals surface area contributed by atoms with Gasteiger partial charge < -0.3 is 10.2 Å². The number of amides is 2. The van der Waals surface area contributed by atoms with E-state index in [0.717, 1.165) is 18.5 Å². The van der Waals surface area contributed by atoms with E-state index in [9.17, 15) is 27.2 Å². The van der Waals surface area contributed by atoms with E-state index in [1.165, 1.54) is 6.92 Å². The van der Waals surface area contributed by atoms with E-state index in [-0.39, 0.29) is 19.4 Å². The minimum Gasteiger partial charge on any atom is -0.352 e. The molecule has 1 N–H and O–H groups in total. The smallest absolute Gasteiger partial charge is 0.352 e. The van der Waals surface area contributed by atoms with Gasteiger partial charge in [0.05, 0.1) is 11.8 Å². The number of aromatic nitrogens is 1. The van der Waals surface area contributed by atoms with Gasteiger partial charge in [-0.3, -0.25) is 14.6 Å². The first-order chi connectivity index (χ1) is 10.7. The van der Waals surface area contributed by atoms with E-state index in [1.807, 2.05) is 0 Å². The molecule has 0 aromatic carbocycles. The number of pyridine rings is 1. The topological polar surface area (TPSA) is 62.3 Å². The van der Waals surface area contributed by atoms with Crippen molar-refractivity contribution in [3.63, 3.8) is 0 Å². The quantitative estimate of drug-likeness (QED) is 0.841. The summed E-state index contributed by atoms with van der Waals surface area (Å²) in [6, 6.07) is -1.57. The molecule has 1 saturated heterocycles. The highest BCUT2D eigenvalue weighted by atomic mass is 19.4. The first kappa shape index (κ1) is 17.2. The molecule has 1 aliphatic rings. The van der Waals surface area contributed by atoms with Gasteiger partial charge in [-0.1, -0.05) is 0 Å². The predicted molar refractivity (Wildman–Crippen MR) is 71.9 cm³/mol. The maximum atomic E-state index is 13.7. The Morgan fingerprint density at radius 3 is 2.61 bits per heavy atom. The van der Waals surface area contributed by atoms with Crippen LogP contribution in [0.25, 0.3) is 0 Å². The highest BCUT2D eigenvalue weighted by Crippen LogP contribution is 2.33. The lowest BCUT2D eigenvalue weighted by molar-refractivity contribution is -0.184. The number of alkyl halides is 3. The number of hydrogen-bond acceptors (Lipinski definition) is 3. The summed E-state index contributed by atoms with van der Waals surface area (Å²) in [6.45, 7) is 0.912. The van der Waals surface area contributed by atoms with Crippen LogP contribution in [-0.2, 0) is 4.79 Å². The number of piperidine rings is 1. The van der Waals surface area contributed by atoms with Gasteiger partial charge in [-0.15, -0.1) is 0 Å². The molecule has 0 aliphatic carbocycles. The van der Waals surface area contributed by atoms with Gasteiger partial charge in [0.25, 0.3) is 5.91 Å². The average Bonchev–Trinajstić information content (AvgIpc) is 2.45. The average molecular weight is 333 g/mol. The van der Waals surface area contributed by atoms with E-state index in [0.29, 0.717) is 4.90 Å². The number of carbonyl (C=O) groups excluding carboxylic acids is 2. The fourth-order valence-corrected chi connectivity index (χ4v) is 2.64. The van der Waals surface area contributed by atoms with E-state index < -0.39 is 41.5 Å². The molecular formula is C14H15F4N3O2. The lowest BCUT2D eigenvalue weighted by atomic mass is 9.96. The second kappa shape index (κ2) is 6.51. The number of nitrogens with one attached hydrogen (secondary N) is 1. The van der Waals surface area contributed by atoms with Crippen molar-refractivity contribution in [3.8, 4) is 0 Å². The van der Waals surface area contributed by atoms with Crippen molar-refractivity contribution >= 4 is 11.8 Å². The Hall–Kier alpha value is -2.19. The Kier molecular flexibility index (Phi) is 4.86. The first-order valence-electron chi connectivity index (χ1n) is 6.94. The summed E-state index contributed by atoms with van der Waals surface area (Å²) in [4.78, 5) is 27.5. The maximum absolute atomic E-state index is 13.7. The fraction of sp³-hybridized carbons (Fsp3) is 0.500. The standard InChI is InChI=1S/C14H15F4N3O2/c1-8(22)20-9-2-3-12(14(16,17)18)21(7-9)13(23)10-4-5-19-6-11(10)15/h4-6,9,12H,2-3,7H2,1H3,(H,20,22). The van der Waals surface area contributed by atoms with Crippen LogP contribution in [0, 0.1) is 5.82 Å². The number of rotatable bonds is 2. The molecule has 0 saturated carbocycles. The summed E-state index contributed by atoms with van der Waals surface area (Å²) in [6.07, 6.45) is -2.99. The molecule has 0 bridgehead atoms. The number of likely N-dealkylation sites (tertiary alicyclic amines) is 1. The molecule has 5 nitrogen and oxygen atoms in total. The zero-order valence-electron chi connectivity index (χ0n) is 12.2. The normalized spacial score (nSPS) is 21.9. The van der Waals surface area contributed by atoms with Crippen molar-refractivity contribution in [2.45, 2.75) is 38.0 Å². The highest BCUT2D eigenvalue weighted by Gasteiger charge is 2.48. The zero-order valence-corrected chi connectivity index (χ0v) is 12.2. The molecule has 126 valence electrons. The van der Waals surface area contributed by atoms with Crippen molar-refractivity contribution in [2.75, 3.05) is 6.54 Å². The Labute approximate surface area is 129 Å². The van der Waals surface area contributed by atoms with Crippen LogP contribution in [0.2, 0.25) is 0 Å². The summed E-state index contributed by atoms with van der Waals surface area (Å²) in [5.74, 6) is -2.45. The van der Waals surface area contributed by atoms with Crippen LogP contribution >= 0.6 is 0 Å². The summed E-state index contributed by atoms with van der Waals surface area (Å²) >= 11 is 0. The molecule has 1 aromatic heterocycles. The lowest BCUT2D eigenvalue weighted by Gasteiger charge is -2.40. The van der Waals surface area contributed by atoms with Gasteiger partial charge in [-0.2, -0.15) is 13.2 Å². The van der Waals surface area contributed by atoms with Crippen molar-refractivity contribution in [1.29, 1.82) is 0 Å². The van der Waals surface area contributed by atoms with E-state index in [1.54, 1.807) is 0 Å². The number of nitrogens with zero attached hydrogens (tertiary/aromatic N) is 2. The molecule has 2 rings (SSSR count). The van der Waals surface area contributed by atoms with E-state index >= 15 is 0 Å². The van der Waals surface area contributed by atoms with Gasteiger partial charge >= 0.3 is 6.18 Å². The van der Waals surface area contributed by atoms with E-state index in [2.05, 4.69) is 10.3 Å². The van der Waals surface area contributed by atoms with Crippen LogP contribution in [0.4, 0.5) is 17.6 Å². The Morgan fingerprint density at radius 1 is 1.35 bits per heavy atom. The van der Waals surface area contributed by atoms with Crippen LogP contribution in [0.3, 0.4) is 0 Å². The Morgan fingerprint density at radius 2 is 2.04 bits per heavy atom.